The Hall–Kier alpha value is -3.72. The van der Waals surface area contributed by atoms with Gasteiger partial charge in [-0.2, -0.15) is 0 Å². The summed E-state index contributed by atoms with van der Waals surface area (Å²) in [7, 11) is 1.50. The molecule has 0 saturated heterocycles. The first-order chi connectivity index (χ1) is 17.3. The van der Waals surface area contributed by atoms with Crippen LogP contribution in [0.4, 0.5) is 15.9 Å². The van der Waals surface area contributed by atoms with Crippen LogP contribution < -0.4 is 21.9 Å². The third-order valence-corrected chi connectivity index (χ3v) is 6.84. The van der Waals surface area contributed by atoms with Gasteiger partial charge in [0, 0.05) is 19.6 Å². The number of carbonyl (C=O) groups excluding carboxylic acids is 1. The zero-order valence-corrected chi connectivity index (χ0v) is 20.5. The second kappa shape index (κ2) is 11.3. The molecule has 1 saturated carbocycles. The van der Waals surface area contributed by atoms with E-state index in [9.17, 15) is 18.8 Å². The molecule has 1 fully saturated rings. The highest BCUT2D eigenvalue weighted by Crippen LogP contribution is 2.25. The fraction of sp³-hybridized carbons (Fsp3) is 0.370. The van der Waals surface area contributed by atoms with Crippen molar-refractivity contribution in [3.8, 4) is 0 Å². The van der Waals surface area contributed by atoms with Crippen molar-refractivity contribution < 1.29 is 9.18 Å². The predicted octanol–water partition coefficient (Wildman–Crippen LogP) is 3.10. The van der Waals surface area contributed by atoms with Gasteiger partial charge >= 0.3 is 5.69 Å². The fourth-order valence-electron chi connectivity index (χ4n) is 4.81. The van der Waals surface area contributed by atoms with E-state index >= 15 is 0 Å². The number of nitrogens with one attached hydrogen (secondary N) is 1. The third-order valence-electron chi connectivity index (χ3n) is 6.84. The van der Waals surface area contributed by atoms with E-state index in [1.807, 2.05) is 30.3 Å². The van der Waals surface area contributed by atoms with E-state index in [1.54, 1.807) is 12.1 Å². The average molecular weight is 494 g/mol. The van der Waals surface area contributed by atoms with Crippen molar-refractivity contribution in [3.05, 3.63) is 92.4 Å². The molecule has 1 aromatic heterocycles. The molecule has 3 N–H and O–H groups in total. The highest BCUT2D eigenvalue weighted by molar-refractivity contribution is 5.96. The van der Waals surface area contributed by atoms with Gasteiger partial charge in [0.1, 0.15) is 11.6 Å². The number of nitrogens with two attached hydrogens (primary N) is 1. The van der Waals surface area contributed by atoms with Gasteiger partial charge in [0.15, 0.2) is 5.69 Å². The first kappa shape index (κ1) is 25.4. The molecule has 2 aromatic carbocycles. The summed E-state index contributed by atoms with van der Waals surface area (Å²) in [6, 6.07) is 15.7. The Morgan fingerprint density at radius 2 is 1.69 bits per heavy atom. The molecule has 1 aliphatic carbocycles. The molecular weight excluding hydrogens is 461 g/mol. The monoisotopic (exact) mass is 493 g/mol. The SMILES string of the molecule is CN(C(=O)CN(Cc1ccc(F)cc1)C1CCCCC1)c1c(N)n(Cc2ccccc2)c(=O)[nH]c1=O. The van der Waals surface area contributed by atoms with Gasteiger partial charge in [-0.05, 0) is 36.1 Å². The van der Waals surface area contributed by atoms with Crippen LogP contribution in [0.2, 0.25) is 0 Å². The lowest BCUT2D eigenvalue weighted by atomic mass is 9.93. The highest BCUT2D eigenvalue weighted by Gasteiger charge is 2.27. The second-order valence-corrected chi connectivity index (χ2v) is 9.34. The molecule has 9 heteroatoms. The molecule has 36 heavy (non-hydrogen) atoms. The molecule has 190 valence electrons. The normalized spacial score (nSPS) is 14.2. The fourth-order valence-corrected chi connectivity index (χ4v) is 4.81. The quantitative estimate of drug-likeness (QED) is 0.502. The van der Waals surface area contributed by atoms with E-state index in [1.165, 1.54) is 35.1 Å². The lowest BCUT2D eigenvalue weighted by Crippen LogP contribution is -2.46. The summed E-state index contributed by atoms with van der Waals surface area (Å²) >= 11 is 0. The van der Waals surface area contributed by atoms with Crippen molar-refractivity contribution in [3.63, 3.8) is 0 Å². The molecule has 0 bridgehead atoms. The van der Waals surface area contributed by atoms with Gasteiger partial charge in [0.2, 0.25) is 5.91 Å². The minimum Gasteiger partial charge on any atom is -0.383 e. The molecule has 4 rings (SSSR count). The lowest BCUT2D eigenvalue weighted by Gasteiger charge is -2.35. The Morgan fingerprint density at radius 3 is 2.36 bits per heavy atom. The number of hydrogen-bond acceptors (Lipinski definition) is 5. The summed E-state index contributed by atoms with van der Waals surface area (Å²) in [4.78, 5) is 44.3. The summed E-state index contributed by atoms with van der Waals surface area (Å²) in [5.74, 6) is -0.685. The topological polar surface area (TPSA) is 104 Å². The standard InChI is InChI=1S/C27H32FN5O3/c1-31(24-25(29)33(27(36)30-26(24)35)17-19-8-4-2-5-9-19)23(34)18-32(22-10-6-3-7-11-22)16-20-12-14-21(28)15-13-20/h2,4-5,8-9,12-15,22H,3,6-7,10-11,16-18,29H2,1H3,(H,30,35,36). The minimum atomic E-state index is -0.708. The average Bonchev–Trinajstić information content (AvgIpc) is 2.88. The maximum Gasteiger partial charge on any atom is 0.330 e. The molecule has 1 aliphatic rings. The Kier molecular flexibility index (Phi) is 8.00. The van der Waals surface area contributed by atoms with Crippen LogP contribution in [0.1, 0.15) is 43.2 Å². The molecule has 0 unspecified atom stereocenters. The van der Waals surface area contributed by atoms with Crippen LogP contribution in [-0.2, 0) is 17.9 Å². The zero-order valence-electron chi connectivity index (χ0n) is 20.5. The van der Waals surface area contributed by atoms with E-state index < -0.39 is 11.2 Å². The maximum absolute atomic E-state index is 13.4. The molecule has 0 aliphatic heterocycles. The number of H-pyrrole nitrogens is 1. The second-order valence-electron chi connectivity index (χ2n) is 9.34. The summed E-state index contributed by atoms with van der Waals surface area (Å²) in [6.07, 6.45) is 5.30. The molecule has 1 amide bonds. The Bertz CT molecular complexity index is 1300. The number of hydrogen-bond donors (Lipinski definition) is 2. The summed E-state index contributed by atoms with van der Waals surface area (Å²) in [5, 5.41) is 0. The number of likely N-dealkylation sites (N-methyl/N-ethyl adjacent to an activating group) is 1. The van der Waals surface area contributed by atoms with Crippen molar-refractivity contribution in [2.24, 2.45) is 0 Å². The molecular formula is C27H32FN5O3. The van der Waals surface area contributed by atoms with Gasteiger partial charge < -0.3 is 10.6 Å². The van der Waals surface area contributed by atoms with Gasteiger partial charge in [-0.1, -0.05) is 61.7 Å². The Labute approximate surface area is 209 Å². The molecule has 0 spiro atoms. The van der Waals surface area contributed by atoms with Crippen LogP contribution in [-0.4, -0.2) is 40.0 Å². The van der Waals surface area contributed by atoms with Crippen LogP contribution >= 0.6 is 0 Å². The van der Waals surface area contributed by atoms with Gasteiger partial charge in [-0.15, -0.1) is 0 Å². The molecule has 1 heterocycles. The van der Waals surface area contributed by atoms with E-state index in [0.29, 0.717) is 6.54 Å². The minimum absolute atomic E-state index is 0.0547. The molecule has 3 aromatic rings. The zero-order chi connectivity index (χ0) is 25.7. The Morgan fingerprint density at radius 1 is 1.03 bits per heavy atom. The first-order valence-corrected chi connectivity index (χ1v) is 12.2. The van der Waals surface area contributed by atoms with Crippen LogP contribution in [0.25, 0.3) is 0 Å². The van der Waals surface area contributed by atoms with Crippen LogP contribution in [0.5, 0.6) is 0 Å². The van der Waals surface area contributed by atoms with E-state index in [4.69, 9.17) is 5.73 Å². The van der Waals surface area contributed by atoms with Crippen LogP contribution in [0, 0.1) is 5.82 Å². The number of rotatable bonds is 8. The van der Waals surface area contributed by atoms with Crippen LogP contribution in [0.3, 0.4) is 0 Å². The highest BCUT2D eigenvalue weighted by atomic mass is 19.1. The van der Waals surface area contributed by atoms with Crippen molar-refractivity contribution >= 4 is 17.4 Å². The first-order valence-electron chi connectivity index (χ1n) is 12.2. The Balaban J connectivity index is 1.59. The predicted molar refractivity (Wildman–Crippen MR) is 138 cm³/mol. The lowest BCUT2D eigenvalue weighted by molar-refractivity contribution is -0.120. The van der Waals surface area contributed by atoms with E-state index in [2.05, 4.69) is 9.88 Å². The number of aromatic amines is 1. The van der Waals surface area contributed by atoms with Crippen LogP contribution in [0.15, 0.2) is 64.2 Å². The maximum atomic E-state index is 13.4. The number of carbonyl (C=O) groups is 1. The van der Waals surface area contributed by atoms with Gasteiger partial charge in [-0.25, -0.2) is 9.18 Å². The number of aromatic nitrogens is 2. The van der Waals surface area contributed by atoms with E-state index in [0.717, 1.165) is 36.8 Å². The molecule has 0 radical (unpaired) electrons. The van der Waals surface area contributed by atoms with Gasteiger partial charge in [0.25, 0.3) is 5.56 Å². The molecule has 0 atom stereocenters. The number of halogens is 1. The van der Waals surface area contributed by atoms with Crippen molar-refractivity contribution in [2.75, 3.05) is 24.2 Å². The van der Waals surface area contributed by atoms with Gasteiger partial charge in [-0.3, -0.25) is 24.0 Å². The van der Waals surface area contributed by atoms with Crippen molar-refractivity contribution in [1.29, 1.82) is 0 Å². The van der Waals surface area contributed by atoms with Crippen molar-refractivity contribution in [1.82, 2.24) is 14.5 Å². The van der Waals surface area contributed by atoms with Gasteiger partial charge in [0.05, 0.1) is 13.1 Å². The number of nitrogens with zero attached hydrogens (tertiary/aromatic N) is 3. The largest absolute Gasteiger partial charge is 0.383 e. The number of anilines is 2. The summed E-state index contributed by atoms with van der Waals surface area (Å²) < 4.78 is 14.7. The smallest absolute Gasteiger partial charge is 0.330 e. The van der Waals surface area contributed by atoms with E-state index in [-0.39, 0.29) is 42.4 Å². The third kappa shape index (κ3) is 5.91. The summed E-state index contributed by atoms with van der Waals surface area (Å²) in [6.45, 7) is 0.717. The van der Waals surface area contributed by atoms with Crippen molar-refractivity contribution in [2.45, 2.75) is 51.2 Å². The molecule has 8 nitrogen and oxygen atoms in total. The number of nitrogen functional groups attached to an aromatic ring is 1. The summed E-state index contributed by atoms with van der Waals surface area (Å²) in [5.41, 5.74) is 6.63. The number of amides is 1. The number of benzene rings is 2.